The van der Waals surface area contributed by atoms with Crippen LogP contribution in [0.3, 0.4) is 0 Å². The van der Waals surface area contributed by atoms with Gasteiger partial charge in [-0.1, -0.05) is 30.3 Å². The van der Waals surface area contributed by atoms with Crippen LogP contribution in [0.4, 0.5) is 0 Å². The Labute approximate surface area is 145 Å². The Morgan fingerprint density at radius 2 is 2.00 bits per heavy atom. The minimum Gasteiger partial charge on any atom is -0.491 e. The summed E-state index contributed by atoms with van der Waals surface area (Å²) < 4.78 is 13.0. The fraction of sp³-hybridized carbons (Fsp3) is 0.211. The largest absolute Gasteiger partial charge is 0.491 e. The minimum atomic E-state index is 0.127. The standard InChI is InChI=1S/C19H18N4O2/c1-13(2)25-15-7-5-6-14(10-15)19-16-8-3-4-9-17(16)23(22-19)11-18-21-20-12-24-18/h3-10,12-13H,11H2,1-2H3. The van der Waals surface area contributed by atoms with Crippen molar-refractivity contribution in [3.63, 3.8) is 0 Å². The highest BCUT2D eigenvalue weighted by atomic mass is 16.5. The molecule has 0 fully saturated rings. The summed E-state index contributed by atoms with van der Waals surface area (Å²) in [5.74, 6) is 1.36. The first-order valence-electron chi connectivity index (χ1n) is 8.18. The van der Waals surface area contributed by atoms with Gasteiger partial charge in [0.25, 0.3) is 0 Å². The fourth-order valence-electron chi connectivity index (χ4n) is 2.84. The van der Waals surface area contributed by atoms with Crippen molar-refractivity contribution >= 4 is 10.9 Å². The van der Waals surface area contributed by atoms with E-state index in [1.54, 1.807) is 0 Å². The lowest BCUT2D eigenvalue weighted by molar-refractivity contribution is 0.242. The van der Waals surface area contributed by atoms with Crippen molar-refractivity contribution in [1.29, 1.82) is 0 Å². The molecule has 0 bridgehead atoms. The van der Waals surface area contributed by atoms with Gasteiger partial charge in [-0.15, -0.1) is 10.2 Å². The number of nitrogens with zero attached hydrogens (tertiary/aromatic N) is 4. The van der Waals surface area contributed by atoms with E-state index < -0.39 is 0 Å². The highest BCUT2D eigenvalue weighted by molar-refractivity contribution is 5.93. The van der Waals surface area contributed by atoms with E-state index >= 15 is 0 Å². The molecule has 0 aliphatic rings. The van der Waals surface area contributed by atoms with Gasteiger partial charge < -0.3 is 9.15 Å². The molecule has 6 nitrogen and oxygen atoms in total. The Morgan fingerprint density at radius 1 is 1.12 bits per heavy atom. The van der Waals surface area contributed by atoms with Gasteiger partial charge in [0.15, 0.2) is 0 Å². The molecule has 0 atom stereocenters. The van der Waals surface area contributed by atoms with Gasteiger partial charge in [-0.2, -0.15) is 5.10 Å². The third kappa shape index (κ3) is 3.10. The zero-order chi connectivity index (χ0) is 17.2. The molecular weight excluding hydrogens is 316 g/mol. The van der Waals surface area contributed by atoms with Crippen molar-refractivity contribution in [2.24, 2.45) is 0 Å². The summed E-state index contributed by atoms with van der Waals surface area (Å²) in [5.41, 5.74) is 2.94. The van der Waals surface area contributed by atoms with E-state index in [4.69, 9.17) is 14.3 Å². The maximum Gasteiger partial charge on any atom is 0.237 e. The molecule has 4 aromatic rings. The quantitative estimate of drug-likeness (QED) is 0.553. The number of aromatic nitrogens is 4. The van der Waals surface area contributed by atoms with Crippen molar-refractivity contribution < 1.29 is 9.15 Å². The summed E-state index contributed by atoms with van der Waals surface area (Å²) in [6.07, 6.45) is 1.45. The molecule has 2 aromatic carbocycles. The molecule has 6 heteroatoms. The highest BCUT2D eigenvalue weighted by Crippen LogP contribution is 2.30. The van der Waals surface area contributed by atoms with Crippen molar-refractivity contribution in [2.75, 3.05) is 0 Å². The van der Waals surface area contributed by atoms with Gasteiger partial charge in [0.05, 0.1) is 11.6 Å². The summed E-state index contributed by atoms with van der Waals surface area (Å²) >= 11 is 0. The molecule has 0 amide bonds. The van der Waals surface area contributed by atoms with Crippen LogP contribution < -0.4 is 4.74 Å². The first-order chi connectivity index (χ1) is 12.2. The van der Waals surface area contributed by atoms with Gasteiger partial charge >= 0.3 is 0 Å². The molecule has 0 N–H and O–H groups in total. The Balaban J connectivity index is 1.80. The van der Waals surface area contributed by atoms with E-state index in [0.29, 0.717) is 12.4 Å². The van der Waals surface area contributed by atoms with E-state index in [2.05, 4.69) is 16.3 Å². The van der Waals surface area contributed by atoms with Crippen molar-refractivity contribution in [1.82, 2.24) is 20.0 Å². The van der Waals surface area contributed by atoms with Crippen molar-refractivity contribution in [2.45, 2.75) is 26.5 Å². The van der Waals surface area contributed by atoms with Gasteiger partial charge in [0, 0.05) is 10.9 Å². The minimum absolute atomic E-state index is 0.127. The zero-order valence-electron chi connectivity index (χ0n) is 14.1. The Hall–Kier alpha value is -3.15. The van der Waals surface area contributed by atoms with Crippen LogP contribution in [-0.4, -0.2) is 26.1 Å². The molecule has 4 rings (SSSR count). The van der Waals surface area contributed by atoms with Gasteiger partial charge in [-0.3, -0.25) is 4.68 Å². The number of benzene rings is 2. The number of para-hydroxylation sites is 1. The molecule has 0 saturated heterocycles. The Bertz CT molecular complexity index is 990. The molecule has 2 heterocycles. The summed E-state index contributed by atoms with van der Waals surface area (Å²) in [6.45, 7) is 4.46. The van der Waals surface area contributed by atoms with Crippen LogP contribution in [0.1, 0.15) is 19.7 Å². The average molecular weight is 334 g/mol. The van der Waals surface area contributed by atoms with Gasteiger partial charge in [0.1, 0.15) is 18.0 Å². The van der Waals surface area contributed by atoms with Crippen molar-refractivity contribution in [3.05, 3.63) is 60.8 Å². The number of hydrogen-bond acceptors (Lipinski definition) is 5. The topological polar surface area (TPSA) is 66.0 Å². The van der Waals surface area contributed by atoms with Crippen LogP contribution in [0.5, 0.6) is 5.75 Å². The van der Waals surface area contributed by atoms with Crippen LogP contribution in [0.25, 0.3) is 22.2 Å². The summed E-state index contributed by atoms with van der Waals surface area (Å²) in [4.78, 5) is 0. The van der Waals surface area contributed by atoms with E-state index in [1.807, 2.05) is 61.0 Å². The molecule has 0 saturated carbocycles. The van der Waals surface area contributed by atoms with E-state index in [0.717, 1.165) is 27.9 Å². The summed E-state index contributed by atoms with van der Waals surface area (Å²) in [5, 5.41) is 13.5. The molecule has 2 aromatic heterocycles. The van der Waals surface area contributed by atoms with Gasteiger partial charge in [-0.25, -0.2) is 0 Å². The third-order valence-corrected chi connectivity index (χ3v) is 3.83. The first kappa shape index (κ1) is 15.4. The van der Waals surface area contributed by atoms with Crippen LogP contribution in [-0.2, 0) is 6.54 Å². The summed E-state index contributed by atoms with van der Waals surface area (Å²) in [7, 11) is 0. The second-order valence-electron chi connectivity index (χ2n) is 6.05. The molecule has 0 aliphatic heterocycles. The van der Waals surface area contributed by atoms with Crippen LogP contribution in [0.15, 0.2) is 59.3 Å². The maximum absolute atomic E-state index is 5.81. The fourth-order valence-corrected chi connectivity index (χ4v) is 2.84. The van der Waals surface area contributed by atoms with Crippen molar-refractivity contribution in [3.8, 4) is 17.0 Å². The molecular formula is C19H18N4O2. The van der Waals surface area contributed by atoms with Crippen LogP contribution >= 0.6 is 0 Å². The lowest BCUT2D eigenvalue weighted by Gasteiger charge is -2.10. The van der Waals surface area contributed by atoms with Gasteiger partial charge in [-0.05, 0) is 32.0 Å². The lowest BCUT2D eigenvalue weighted by Crippen LogP contribution is -2.05. The molecule has 126 valence electrons. The Morgan fingerprint density at radius 3 is 2.80 bits per heavy atom. The van der Waals surface area contributed by atoms with E-state index in [-0.39, 0.29) is 6.10 Å². The smallest absolute Gasteiger partial charge is 0.237 e. The van der Waals surface area contributed by atoms with E-state index in [9.17, 15) is 0 Å². The predicted molar refractivity (Wildman–Crippen MR) is 94.3 cm³/mol. The van der Waals surface area contributed by atoms with E-state index in [1.165, 1.54) is 6.39 Å². The zero-order valence-corrected chi connectivity index (χ0v) is 14.1. The molecule has 0 unspecified atom stereocenters. The average Bonchev–Trinajstić information content (AvgIpc) is 3.23. The number of rotatable bonds is 5. The molecule has 0 aliphatic carbocycles. The second kappa shape index (κ2) is 6.39. The lowest BCUT2D eigenvalue weighted by atomic mass is 10.1. The van der Waals surface area contributed by atoms with Gasteiger partial charge in [0.2, 0.25) is 12.3 Å². The monoisotopic (exact) mass is 334 g/mol. The Kier molecular flexibility index (Phi) is 3.93. The first-order valence-corrected chi connectivity index (χ1v) is 8.18. The van der Waals surface area contributed by atoms with Crippen LogP contribution in [0, 0.1) is 0 Å². The van der Waals surface area contributed by atoms with Crippen LogP contribution in [0.2, 0.25) is 0 Å². The molecule has 25 heavy (non-hydrogen) atoms. The normalized spacial score (nSPS) is 11.3. The number of hydrogen-bond donors (Lipinski definition) is 0. The molecule has 0 spiro atoms. The third-order valence-electron chi connectivity index (χ3n) is 3.83. The highest BCUT2D eigenvalue weighted by Gasteiger charge is 2.14. The number of ether oxygens (including phenoxy) is 1. The predicted octanol–water partition coefficient (Wildman–Crippen LogP) is 3.92. The SMILES string of the molecule is CC(C)Oc1cccc(-c2nn(Cc3nnco3)c3ccccc23)c1. The number of fused-ring (bicyclic) bond motifs is 1. The maximum atomic E-state index is 5.81. The molecule has 0 radical (unpaired) electrons. The second-order valence-corrected chi connectivity index (χ2v) is 6.05. The summed E-state index contributed by atoms with van der Waals surface area (Å²) in [6, 6.07) is 16.1.